The van der Waals surface area contributed by atoms with Crippen molar-refractivity contribution < 1.29 is 17.7 Å². The van der Waals surface area contributed by atoms with Crippen LogP contribution in [-0.4, -0.2) is 36.5 Å². The Morgan fingerprint density at radius 2 is 1.96 bits per heavy atom. The first-order valence-corrected chi connectivity index (χ1v) is 10.4. The highest BCUT2D eigenvalue weighted by Crippen LogP contribution is 2.39. The second-order valence-electron chi connectivity index (χ2n) is 7.22. The average molecular weight is 392 g/mol. The number of carbonyl (C=O) groups excluding carboxylic acids is 1. The number of nitrogens with zero attached hydrogens (tertiary/aromatic N) is 2. The van der Waals surface area contributed by atoms with E-state index in [4.69, 9.17) is 4.52 Å². The van der Waals surface area contributed by atoms with Crippen LogP contribution in [0.15, 0.2) is 27.6 Å². The molecule has 2 N–H and O–H groups in total. The summed E-state index contributed by atoms with van der Waals surface area (Å²) in [7, 11) is -3.90. The molecule has 1 aromatic heterocycles. The van der Waals surface area contributed by atoms with Gasteiger partial charge in [-0.1, -0.05) is 17.3 Å². The largest absolute Gasteiger partial charge is 0.353 e. The van der Waals surface area contributed by atoms with Crippen molar-refractivity contribution in [2.24, 2.45) is 0 Å². The van der Waals surface area contributed by atoms with E-state index in [2.05, 4.69) is 20.2 Å². The fraction of sp³-hybridized carbons (Fsp3) is 0.500. The summed E-state index contributed by atoms with van der Waals surface area (Å²) < 4.78 is 33.3. The van der Waals surface area contributed by atoms with E-state index in [-0.39, 0.29) is 16.8 Å². The summed E-state index contributed by atoms with van der Waals surface area (Å²) in [5.74, 6) is 0.891. The Bertz CT molecular complexity index is 948. The number of nitrogens with one attached hydrogen (secondary N) is 2. The van der Waals surface area contributed by atoms with Crippen molar-refractivity contribution in [2.45, 2.75) is 63.4 Å². The summed E-state index contributed by atoms with van der Waals surface area (Å²) in [6, 6.07) is 3.98. The van der Waals surface area contributed by atoms with Gasteiger partial charge in [0.05, 0.1) is 10.9 Å². The Morgan fingerprint density at radius 1 is 1.26 bits per heavy atom. The number of hydrogen-bond acceptors (Lipinski definition) is 6. The Labute approximate surface area is 158 Å². The zero-order valence-corrected chi connectivity index (χ0v) is 16.6. The minimum absolute atomic E-state index is 0.0755. The van der Waals surface area contributed by atoms with E-state index in [0.717, 1.165) is 12.8 Å². The van der Waals surface area contributed by atoms with Gasteiger partial charge in [-0.15, -0.1) is 0 Å². The third-order valence-corrected chi connectivity index (χ3v) is 5.94. The van der Waals surface area contributed by atoms with Crippen LogP contribution >= 0.6 is 0 Å². The van der Waals surface area contributed by atoms with Crippen molar-refractivity contribution in [1.29, 1.82) is 0 Å². The van der Waals surface area contributed by atoms with Gasteiger partial charge in [0.15, 0.2) is 0 Å². The molecule has 0 saturated heterocycles. The topological polar surface area (TPSA) is 114 Å². The Morgan fingerprint density at radius 3 is 2.59 bits per heavy atom. The molecule has 2 aromatic rings. The third-order valence-electron chi connectivity index (χ3n) is 4.26. The van der Waals surface area contributed by atoms with E-state index in [0.29, 0.717) is 28.8 Å². The number of aromatic nitrogens is 2. The molecule has 1 atom stereocenters. The third kappa shape index (κ3) is 4.54. The molecule has 1 aliphatic carbocycles. The summed E-state index contributed by atoms with van der Waals surface area (Å²) >= 11 is 0. The first kappa shape index (κ1) is 19.5. The van der Waals surface area contributed by atoms with Gasteiger partial charge in [0.25, 0.3) is 0 Å². The van der Waals surface area contributed by atoms with E-state index in [1.807, 2.05) is 13.8 Å². The molecule has 0 aliphatic heterocycles. The molecular weight excluding hydrogens is 368 g/mol. The first-order chi connectivity index (χ1) is 12.7. The minimum atomic E-state index is -3.90. The molecule has 0 bridgehead atoms. The number of amides is 1. The van der Waals surface area contributed by atoms with Crippen LogP contribution in [0.25, 0.3) is 11.4 Å². The Balaban J connectivity index is 1.84. The second-order valence-corrected chi connectivity index (χ2v) is 8.90. The van der Waals surface area contributed by atoms with Gasteiger partial charge in [-0.05, 0) is 52.2 Å². The summed E-state index contributed by atoms with van der Waals surface area (Å²) in [6.45, 7) is 6.83. The molecule has 27 heavy (non-hydrogen) atoms. The SMILES string of the molecule is Cc1ccc(-c2noc(C3CC3)n2)cc1S(=O)(=O)N[C@@H](C)C(=O)NC(C)C. The molecule has 8 nitrogen and oxygen atoms in total. The molecule has 1 fully saturated rings. The van der Waals surface area contributed by atoms with Gasteiger partial charge in [-0.3, -0.25) is 4.79 Å². The molecular formula is C18H24N4O4S. The molecule has 1 heterocycles. The fourth-order valence-corrected chi connectivity index (χ4v) is 4.11. The number of carbonyl (C=O) groups is 1. The Kier molecular flexibility index (Phi) is 5.34. The van der Waals surface area contributed by atoms with Gasteiger partial charge in [-0.25, -0.2) is 8.42 Å². The van der Waals surface area contributed by atoms with Crippen LogP contribution in [0.1, 0.15) is 51.0 Å². The van der Waals surface area contributed by atoms with Crippen molar-refractivity contribution in [2.75, 3.05) is 0 Å². The van der Waals surface area contributed by atoms with Crippen molar-refractivity contribution in [3.63, 3.8) is 0 Å². The maximum absolute atomic E-state index is 12.8. The second kappa shape index (κ2) is 7.40. The molecule has 9 heteroatoms. The van der Waals surface area contributed by atoms with Crippen LogP contribution in [0.4, 0.5) is 0 Å². The van der Waals surface area contributed by atoms with Crippen LogP contribution < -0.4 is 10.0 Å². The maximum Gasteiger partial charge on any atom is 0.241 e. The van der Waals surface area contributed by atoms with Gasteiger partial charge in [0, 0.05) is 17.5 Å². The zero-order valence-electron chi connectivity index (χ0n) is 15.8. The highest BCUT2D eigenvalue weighted by Gasteiger charge is 2.30. The van der Waals surface area contributed by atoms with E-state index in [1.165, 1.54) is 13.0 Å². The highest BCUT2D eigenvalue weighted by atomic mass is 32.2. The number of aryl methyl sites for hydroxylation is 1. The van der Waals surface area contributed by atoms with Gasteiger partial charge in [0.1, 0.15) is 0 Å². The van der Waals surface area contributed by atoms with Crippen molar-refractivity contribution in [3.8, 4) is 11.4 Å². The van der Waals surface area contributed by atoms with E-state index in [1.54, 1.807) is 19.1 Å². The normalized spacial score (nSPS) is 15.7. The number of hydrogen-bond donors (Lipinski definition) is 2. The van der Waals surface area contributed by atoms with Gasteiger partial charge >= 0.3 is 0 Å². The first-order valence-electron chi connectivity index (χ1n) is 8.94. The van der Waals surface area contributed by atoms with E-state index >= 15 is 0 Å². The monoisotopic (exact) mass is 392 g/mol. The summed E-state index contributed by atoms with van der Waals surface area (Å²) in [6.07, 6.45) is 2.07. The van der Waals surface area contributed by atoms with Crippen molar-refractivity contribution in [1.82, 2.24) is 20.2 Å². The lowest BCUT2D eigenvalue weighted by Crippen LogP contribution is -2.46. The standard InChI is InChI=1S/C18H24N4O4S/c1-10(2)19-17(23)12(4)22-27(24,25)15-9-14(6-5-11(15)3)16-20-18(26-21-16)13-7-8-13/h5-6,9-10,12-13,22H,7-8H2,1-4H3,(H,19,23)/t12-/m0/s1. The van der Waals surface area contributed by atoms with Crippen LogP contribution in [-0.2, 0) is 14.8 Å². The Hall–Kier alpha value is -2.26. The predicted octanol–water partition coefficient (Wildman–Crippen LogP) is 2.11. The molecule has 146 valence electrons. The van der Waals surface area contributed by atoms with Crippen LogP contribution in [0.3, 0.4) is 0 Å². The lowest BCUT2D eigenvalue weighted by atomic mass is 10.1. The summed E-state index contributed by atoms with van der Waals surface area (Å²) in [5, 5.41) is 6.65. The van der Waals surface area contributed by atoms with Gasteiger partial charge < -0.3 is 9.84 Å². The minimum Gasteiger partial charge on any atom is -0.353 e. The van der Waals surface area contributed by atoms with Crippen LogP contribution in [0.2, 0.25) is 0 Å². The molecule has 0 radical (unpaired) electrons. The number of benzene rings is 1. The van der Waals surface area contributed by atoms with E-state index < -0.39 is 16.1 Å². The van der Waals surface area contributed by atoms with Crippen LogP contribution in [0.5, 0.6) is 0 Å². The lowest BCUT2D eigenvalue weighted by Gasteiger charge is -2.17. The highest BCUT2D eigenvalue weighted by molar-refractivity contribution is 7.89. The molecule has 3 rings (SSSR count). The fourth-order valence-electron chi connectivity index (χ4n) is 2.64. The average Bonchev–Trinajstić information content (AvgIpc) is 3.31. The quantitative estimate of drug-likeness (QED) is 0.746. The summed E-state index contributed by atoms with van der Waals surface area (Å²) in [4.78, 5) is 16.5. The maximum atomic E-state index is 12.8. The molecule has 1 aromatic carbocycles. The zero-order chi connectivity index (χ0) is 19.8. The van der Waals surface area contributed by atoms with Crippen molar-refractivity contribution in [3.05, 3.63) is 29.7 Å². The lowest BCUT2D eigenvalue weighted by molar-refractivity contribution is -0.122. The molecule has 0 unspecified atom stereocenters. The summed E-state index contributed by atoms with van der Waals surface area (Å²) in [5.41, 5.74) is 1.12. The molecule has 0 spiro atoms. The number of sulfonamides is 1. The van der Waals surface area contributed by atoms with Crippen molar-refractivity contribution >= 4 is 15.9 Å². The number of rotatable bonds is 7. The molecule has 1 saturated carbocycles. The van der Waals surface area contributed by atoms with Gasteiger partial charge in [-0.2, -0.15) is 9.71 Å². The predicted molar refractivity (Wildman–Crippen MR) is 99.5 cm³/mol. The smallest absolute Gasteiger partial charge is 0.241 e. The molecule has 1 amide bonds. The van der Waals surface area contributed by atoms with E-state index in [9.17, 15) is 13.2 Å². The molecule has 1 aliphatic rings. The van der Waals surface area contributed by atoms with Crippen LogP contribution in [0, 0.1) is 6.92 Å². The van der Waals surface area contributed by atoms with Gasteiger partial charge in [0.2, 0.25) is 27.6 Å².